The number of nitrogens with zero attached hydrogens (tertiary/aromatic N) is 1. The highest BCUT2D eigenvalue weighted by atomic mass is 16.4. The lowest BCUT2D eigenvalue weighted by atomic mass is 10.1. The van der Waals surface area contributed by atoms with E-state index in [0.29, 0.717) is 16.5 Å². The largest absolute Gasteiger partial charge is 0.507 e. The number of phenolic OH excluding ortho intramolecular Hbond substituents is 1. The van der Waals surface area contributed by atoms with Crippen LogP contribution < -0.4 is 10.6 Å². The molecule has 122 valence electrons. The van der Waals surface area contributed by atoms with Gasteiger partial charge in [-0.05, 0) is 19.1 Å². The number of aromatic hydroxyl groups is 1. The van der Waals surface area contributed by atoms with Crippen LogP contribution in [0, 0.1) is 11.3 Å². The molecule has 1 amide bonds. The predicted octanol–water partition coefficient (Wildman–Crippen LogP) is 1.95. The summed E-state index contributed by atoms with van der Waals surface area (Å²) in [5, 5.41) is 33.9. The molecule has 1 unspecified atom stereocenters. The fourth-order valence-electron chi connectivity index (χ4n) is 2.02. The number of anilines is 1. The Morgan fingerprint density at radius 3 is 2.54 bits per heavy atom. The van der Waals surface area contributed by atoms with Gasteiger partial charge in [-0.1, -0.05) is 24.3 Å². The van der Waals surface area contributed by atoms with E-state index in [4.69, 9.17) is 10.4 Å². The van der Waals surface area contributed by atoms with Gasteiger partial charge in [-0.15, -0.1) is 0 Å². The van der Waals surface area contributed by atoms with E-state index in [1.165, 1.54) is 13.0 Å². The number of benzene rings is 2. The predicted molar refractivity (Wildman–Crippen MR) is 88.2 cm³/mol. The topological polar surface area (TPSA) is 122 Å². The molecule has 0 aliphatic carbocycles. The van der Waals surface area contributed by atoms with Crippen LogP contribution in [0.3, 0.4) is 0 Å². The van der Waals surface area contributed by atoms with Crippen molar-refractivity contribution in [1.29, 1.82) is 5.26 Å². The Morgan fingerprint density at radius 1 is 1.21 bits per heavy atom. The summed E-state index contributed by atoms with van der Waals surface area (Å²) in [6, 6.07) is 10.7. The average Bonchev–Trinajstić information content (AvgIpc) is 2.56. The SMILES string of the molecule is CC(N/C=C(/C#N)C(=O)Nc1cccc2c(O)cccc12)C(=O)O. The van der Waals surface area contributed by atoms with E-state index in [1.54, 1.807) is 36.4 Å². The minimum atomic E-state index is -1.10. The first kappa shape index (κ1) is 16.8. The third-order valence-corrected chi connectivity index (χ3v) is 3.36. The van der Waals surface area contributed by atoms with Crippen LogP contribution in [-0.2, 0) is 9.59 Å². The standard InChI is InChI=1S/C17H15N3O4/c1-10(17(23)24)19-9-11(8-18)16(22)20-14-6-2-5-13-12(14)4-3-7-15(13)21/h2-7,9-10,19,21H,1H3,(H,20,22)(H,23,24)/b11-9-. The minimum Gasteiger partial charge on any atom is -0.507 e. The van der Waals surface area contributed by atoms with Crippen LogP contribution in [0.15, 0.2) is 48.2 Å². The van der Waals surface area contributed by atoms with Crippen LogP contribution >= 0.6 is 0 Å². The van der Waals surface area contributed by atoms with Gasteiger partial charge in [-0.25, -0.2) is 0 Å². The highest BCUT2D eigenvalue weighted by Crippen LogP contribution is 2.29. The second-order valence-electron chi connectivity index (χ2n) is 5.03. The Kier molecular flexibility index (Phi) is 5.02. The van der Waals surface area contributed by atoms with E-state index in [0.717, 1.165) is 6.20 Å². The van der Waals surface area contributed by atoms with Crippen LogP contribution in [0.4, 0.5) is 5.69 Å². The summed E-state index contributed by atoms with van der Waals surface area (Å²) in [4.78, 5) is 22.9. The Labute approximate surface area is 137 Å². The molecular weight excluding hydrogens is 310 g/mol. The van der Waals surface area contributed by atoms with Gasteiger partial charge in [0.1, 0.15) is 23.4 Å². The van der Waals surface area contributed by atoms with Crippen molar-refractivity contribution in [2.75, 3.05) is 5.32 Å². The molecule has 4 N–H and O–H groups in total. The number of carboxylic acid groups (broad SMARTS) is 1. The van der Waals surface area contributed by atoms with Gasteiger partial charge in [0.25, 0.3) is 5.91 Å². The molecule has 0 saturated heterocycles. The van der Waals surface area contributed by atoms with Crippen LogP contribution in [0.1, 0.15) is 6.92 Å². The van der Waals surface area contributed by atoms with Crippen molar-refractivity contribution < 1.29 is 19.8 Å². The van der Waals surface area contributed by atoms with Gasteiger partial charge in [0, 0.05) is 22.7 Å². The second kappa shape index (κ2) is 7.15. The van der Waals surface area contributed by atoms with Crippen molar-refractivity contribution in [3.8, 4) is 11.8 Å². The molecule has 0 aromatic heterocycles. The molecule has 2 aromatic rings. The molecule has 24 heavy (non-hydrogen) atoms. The third-order valence-electron chi connectivity index (χ3n) is 3.36. The molecule has 0 saturated carbocycles. The number of rotatable bonds is 5. The maximum atomic E-state index is 12.2. The lowest BCUT2D eigenvalue weighted by Gasteiger charge is -2.10. The Hall–Kier alpha value is -3.53. The fourth-order valence-corrected chi connectivity index (χ4v) is 2.02. The maximum Gasteiger partial charge on any atom is 0.325 e. The number of amides is 1. The number of nitriles is 1. The van der Waals surface area contributed by atoms with Gasteiger partial charge >= 0.3 is 5.97 Å². The first-order chi connectivity index (χ1) is 11.4. The summed E-state index contributed by atoms with van der Waals surface area (Å²) in [6.45, 7) is 1.39. The van der Waals surface area contributed by atoms with Gasteiger partial charge in [-0.2, -0.15) is 5.26 Å². The molecule has 2 rings (SSSR count). The lowest BCUT2D eigenvalue weighted by Crippen LogP contribution is -2.30. The van der Waals surface area contributed by atoms with E-state index < -0.39 is 17.9 Å². The Morgan fingerprint density at radius 2 is 1.88 bits per heavy atom. The molecular formula is C17H15N3O4. The third kappa shape index (κ3) is 3.62. The highest BCUT2D eigenvalue weighted by Gasteiger charge is 2.14. The van der Waals surface area contributed by atoms with Gasteiger partial charge in [0.15, 0.2) is 0 Å². The highest BCUT2D eigenvalue weighted by molar-refractivity contribution is 6.11. The number of nitrogens with one attached hydrogen (secondary N) is 2. The summed E-state index contributed by atoms with van der Waals surface area (Å²) in [5.74, 6) is -1.71. The molecule has 7 heteroatoms. The second-order valence-corrected chi connectivity index (χ2v) is 5.03. The summed E-state index contributed by atoms with van der Waals surface area (Å²) in [6.07, 6.45) is 1.07. The van der Waals surface area contributed by atoms with Crippen LogP contribution in [0.25, 0.3) is 10.8 Å². The zero-order chi connectivity index (χ0) is 17.7. The normalized spacial score (nSPS) is 12.2. The Balaban J connectivity index is 2.26. The van der Waals surface area contributed by atoms with Crippen molar-refractivity contribution in [3.63, 3.8) is 0 Å². The average molecular weight is 325 g/mol. The molecule has 0 heterocycles. The van der Waals surface area contributed by atoms with E-state index >= 15 is 0 Å². The molecule has 0 fully saturated rings. The molecule has 0 spiro atoms. The molecule has 0 aliphatic rings. The quantitative estimate of drug-likeness (QED) is 0.492. The van der Waals surface area contributed by atoms with E-state index in [2.05, 4.69) is 10.6 Å². The minimum absolute atomic E-state index is 0.0802. The zero-order valence-corrected chi connectivity index (χ0v) is 12.8. The van der Waals surface area contributed by atoms with Crippen molar-refractivity contribution >= 4 is 28.3 Å². The molecule has 1 atom stereocenters. The van der Waals surface area contributed by atoms with Crippen molar-refractivity contribution in [2.45, 2.75) is 13.0 Å². The summed E-state index contributed by atoms with van der Waals surface area (Å²) in [7, 11) is 0. The molecule has 0 radical (unpaired) electrons. The smallest absolute Gasteiger partial charge is 0.325 e. The fraction of sp³-hybridized carbons (Fsp3) is 0.118. The van der Waals surface area contributed by atoms with Crippen molar-refractivity contribution in [2.24, 2.45) is 0 Å². The molecule has 2 aromatic carbocycles. The first-order valence-electron chi connectivity index (χ1n) is 7.05. The molecule has 0 aliphatic heterocycles. The number of fused-ring (bicyclic) bond motifs is 1. The van der Waals surface area contributed by atoms with Crippen molar-refractivity contribution in [3.05, 3.63) is 48.2 Å². The van der Waals surface area contributed by atoms with Gasteiger partial charge in [-0.3, -0.25) is 9.59 Å². The van der Waals surface area contributed by atoms with Crippen LogP contribution in [-0.4, -0.2) is 28.1 Å². The van der Waals surface area contributed by atoms with Gasteiger partial charge in [0.2, 0.25) is 0 Å². The number of aliphatic carboxylic acids is 1. The first-order valence-corrected chi connectivity index (χ1v) is 7.05. The lowest BCUT2D eigenvalue weighted by molar-refractivity contribution is -0.138. The number of hydrogen-bond donors (Lipinski definition) is 4. The van der Waals surface area contributed by atoms with Crippen LogP contribution in [0.5, 0.6) is 5.75 Å². The van der Waals surface area contributed by atoms with E-state index in [1.807, 2.05) is 0 Å². The zero-order valence-electron chi connectivity index (χ0n) is 12.8. The van der Waals surface area contributed by atoms with E-state index in [-0.39, 0.29) is 11.3 Å². The van der Waals surface area contributed by atoms with Gasteiger partial charge < -0.3 is 20.8 Å². The summed E-state index contributed by atoms with van der Waals surface area (Å²) >= 11 is 0. The monoisotopic (exact) mass is 325 g/mol. The summed E-state index contributed by atoms with van der Waals surface area (Å²) in [5.41, 5.74) is 0.168. The number of phenols is 1. The van der Waals surface area contributed by atoms with Crippen LogP contribution in [0.2, 0.25) is 0 Å². The van der Waals surface area contributed by atoms with E-state index in [9.17, 15) is 14.7 Å². The maximum absolute atomic E-state index is 12.2. The molecule has 7 nitrogen and oxygen atoms in total. The number of hydrogen-bond acceptors (Lipinski definition) is 5. The Bertz CT molecular complexity index is 868. The van der Waals surface area contributed by atoms with Crippen molar-refractivity contribution in [1.82, 2.24) is 5.32 Å². The summed E-state index contributed by atoms with van der Waals surface area (Å²) < 4.78 is 0. The molecule has 0 bridgehead atoms. The number of carboxylic acids is 1. The number of carbonyl (C=O) groups is 2. The number of carbonyl (C=O) groups excluding carboxylic acids is 1. The van der Waals surface area contributed by atoms with Gasteiger partial charge in [0.05, 0.1) is 0 Å².